The number of halogens is 2. The maximum atomic E-state index is 12.3. The molecule has 108 valence electrons. The summed E-state index contributed by atoms with van der Waals surface area (Å²) >= 11 is 1.34. The normalized spacial score (nSPS) is 19.0. The van der Waals surface area contributed by atoms with Gasteiger partial charge < -0.3 is 10.5 Å². The molecule has 20 heavy (non-hydrogen) atoms. The Balaban J connectivity index is 2.27. The average Bonchev–Trinajstić information content (AvgIpc) is 2.64. The van der Waals surface area contributed by atoms with Gasteiger partial charge >= 0.3 is 6.61 Å². The fourth-order valence-corrected chi connectivity index (χ4v) is 3.33. The van der Waals surface area contributed by atoms with Crippen LogP contribution >= 0.6 is 11.8 Å². The Bertz CT molecular complexity index is 546. The zero-order valence-electron chi connectivity index (χ0n) is 10.9. The van der Waals surface area contributed by atoms with E-state index in [9.17, 15) is 13.6 Å². The Kier molecular flexibility index (Phi) is 4.65. The smallest absolute Gasteiger partial charge is 0.387 e. The van der Waals surface area contributed by atoms with Gasteiger partial charge in [0.05, 0.1) is 15.9 Å². The number of carbonyl (C=O) groups excluding carboxylic acids is 1. The molecule has 1 heterocycles. The zero-order valence-corrected chi connectivity index (χ0v) is 11.8. The number of allylic oxidation sites excluding steroid dienone is 1. The van der Waals surface area contributed by atoms with Gasteiger partial charge in [-0.2, -0.15) is 8.78 Å². The number of alkyl halides is 2. The highest BCUT2D eigenvalue weighted by Gasteiger charge is 2.33. The van der Waals surface area contributed by atoms with E-state index in [-0.39, 0.29) is 16.8 Å². The van der Waals surface area contributed by atoms with Crippen molar-refractivity contribution in [3.05, 3.63) is 34.9 Å². The first-order valence-corrected chi connectivity index (χ1v) is 7.16. The summed E-state index contributed by atoms with van der Waals surface area (Å²) in [6.07, 6.45) is 1.64. The second-order valence-corrected chi connectivity index (χ2v) is 5.65. The SMILES string of the molecule is CCCC1SC(N)=C(c2cccc(OC(F)F)c2)C1=O. The van der Waals surface area contributed by atoms with Crippen LogP contribution in [0, 0.1) is 0 Å². The van der Waals surface area contributed by atoms with Gasteiger partial charge in [0.15, 0.2) is 5.78 Å². The molecule has 0 fully saturated rings. The number of rotatable bonds is 5. The van der Waals surface area contributed by atoms with Gasteiger partial charge in [-0.15, -0.1) is 0 Å². The van der Waals surface area contributed by atoms with Gasteiger partial charge in [-0.3, -0.25) is 4.79 Å². The molecule has 0 spiro atoms. The third kappa shape index (κ3) is 3.12. The molecule has 1 atom stereocenters. The molecule has 2 rings (SSSR count). The summed E-state index contributed by atoms with van der Waals surface area (Å²) in [5, 5.41) is 0.275. The molecule has 0 saturated heterocycles. The Hall–Kier alpha value is -1.56. The van der Waals surface area contributed by atoms with Gasteiger partial charge in [0, 0.05) is 0 Å². The molecule has 6 heteroatoms. The molecule has 2 N–H and O–H groups in total. The van der Waals surface area contributed by atoms with Gasteiger partial charge in [0.1, 0.15) is 5.75 Å². The van der Waals surface area contributed by atoms with Gasteiger partial charge in [-0.1, -0.05) is 37.2 Å². The van der Waals surface area contributed by atoms with Crippen LogP contribution in [-0.2, 0) is 4.79 Å². The fraction of sp³-hybridized carbons (Fsp3) is 0.357. The quantitative estimate of drug-likeness (QED) is 0.905. The number of hydrogen-bond acceptors (Lipinski definition) is 4. The lowest BCUT2D eigenvalue weighted by Gasteiger charge is -2.08. The summed E-state index contributed by atoms with van der Waals surface area (Å²) in [6.45, 7) is -0.892. The molecule has 0 saturated carbocycles. The standard InChI is InChI=1S/C14H15F2NO2S/c1-2-4-10-12(18)11(13(17)20-10)8-5-3-6-9(7-8)19-14(15)16/h3,5-7,10,14H,2,4,17H2,1H3. The first kappa shape index (κ1) is 14.8. The minimum atomic E-state index is -2.89. The molecule has 0 aromatic heterocycles. The highest BCUT2D eigenvalue weighted by Crippen LogP contribution is 2.39. The summed E-state index contributed by atoms with van der Waals surface area (Å²) in [4.78, 5) is 12.3. The third-order valence-corrected chi connectivity index (χ3v) is 4.15. The van der Waals surface area contributed by atoms with Crippen LogP contribution in [0.1, 0.15) is 25.3 Å². The van der Waals surface area contributed by atoms with Crippen LogP contribution in [0.4, 0.5) is 8.78 Å². The van der Waals surface area contributed by atoms with E-state index in [2.05, 4.69) is 4.74 Å². The van der Waals surface area contributed by atoms with E-state index in [4.69, 9.17) is 5.73 Å². The van der Waals surface area contributed by atoms with Crippen LogP contribution < -0.4 is 10.5 Å². The minimum absolute atomic E-state index is 0.0227. The van der Waals surface area contributed by atoms with Crippen molar-refractivity contribution in [1.82, 2.24) is 0 Å². The zero-order chi connectivity index (χ0) is 14.7. The largest absolute Gasteiger partial charge is 0.435 e. The lowest BCUT2D eigenvalue weighted by Crippen LogP contribution is -2.13. The first-order chi connectivity index (χ1) is 9.52. The van der Waals surface area contributed by atoms with Crippen LogP contribution in [0.3, 0.4) is 0 Å². The Labute approximate surface area is 120 Å². The summed E-state index contributed by atoms with van der Waals surface area (Å²) < 4.78 is 28.8. The van der Waals surface area contributed by atoms with Gasteiger partial charge in [-0.05, 0) is 24.1 Å². The summed E-state index contributed by atoms with van der Waals surface area (Å²) in [5.74, 6) is -0.0157. The first-order valence-electron chi connectivity index (χ1n) is 6.28. The summed E-state index contributed by atoms with van der Waals surface area (Å²) in [6, 6.07) is 6.08. The van der Waals surface area contributed by atoms with Crippen LogP contribution in [-0.4, -0.2) is 17.6 Å². The average molecular weight is 299 g/mol. The number of ketones is 1. The fourth-order valence-electron chi connectivity index (χ4n) is 2.11. The molecule has 1 aromatic carbocycles. The maximum absolute atomic E-state index is 12.3. The molecule has 1 aliphatic rings. The number of ether oxygens (including phenoxy) is 1. The Morgan fingerprint density at radius 2 is 2.20 bits per heavy atom. The van der Waals surface area contributed by atoms with Crippen LogP contribution in [0.2, 0.25) is 0 Å². The monoisotopic (exact) mass is 299 g/mol. The Morgan fingerprint density at radius 3 is 2.85 bits per heavy atom. The topological polar surface area (TPSA) is 52.3 Å². The number of thioether (sulfide) groups is 1. The molecule has 0 amide bonds. The van der Waals surface area contributed by atoms with E-state index < -0.39 is 6.61 Å². The molecule has 0 radical (unpaired) electrons. The summed E-state index contributed by atoms with van der Waals surface area (Å²) in [5.41, 5.74) is 6.84. The van der Waals surface area contributed by atoms with E-state index in [0.717, 1.165) is 12.8 Å². The van der Waals surface area contributed by atoms with Gasteiger partial charge in [-0.25, -0.2) is 0 Å². The van der Waals surface area contributed by atoms with Crippen molar-refractivity contribution in [3.8, 4) is 5.75 Å². The lowest BCUT2D eigenvalue weighted by atomic mass is 9.99. The van der Waals surface area contributed by atoms with Crippen molar-refractivity contribution < 1.29 is 18.3 Å². The van der Waals surface area contributed by atoms with E-state index >= 15 is 0 Å². The van der Waals surface area contributed by atoms with Crippen molar-refractivity contribution in [2.45, 2.75) is 31.6 Å². The van der Waals surface area contributed by atoms with Gasteiger partial charge in [0.25, 0.3) is 0 Å². The van der Waals surface area contributed by atoms with E-state index in [1.807, 2.05) is 6.92 Å². The lowest BCUT2D eigenvalue weighted by molar-refractivity contribution is -0.113. The molecule has 0 bridgehead atoms. The molecular weight excluding hydrogens is 284 g/mol. The van der Waals surface area contributed by atoms with E-state index in [1.165, 1.54) is 23.9 Å². The molecule has 1 aromatic rings. The van der Waals surface area contributed by atoms with Crippen molar-refractivity contribution in [3.63, 3.8) is 0 Å². The minimum Gasteiger partial charge on any atom is -0.435 e. The second kappa shape index (κ2) is 6.26. The number of carbonyl (C=O) groups is 1. The second-order valence-electron chi connectivity index (χ2n) is 4.41. The third-order valence-electron chi connectivity index (χ3n) is 2.95. The predicted octanol–water partition coefficient (Wildman–Crippen LogP) is 3.40. The van der Waals surface area contributed by atoms with Crippen molar-refractivity contribution in [2.24, 2.45) is 5.73 Å². The number of Topliss-reactive ketones (excluding diaryl/α,β-unsaturated/α-hetero) is 1. The maximum Gasteiger partial charge on any atom is 0.387 e. The van der Waals surface area contributed by atoms with Crippen LogP contribution in [0.25, 0.3) is 5.57 Å². The molecule has 0 aliphatic carbocycles. The summed E-state index contributed by atoms with van der Waals surface area (Å²) in [7, 11) is 0. The number of nitrogens with two attached hydrogens (primary N) is 1. The molecular formula is C14H15F2NO2S. The van der Waals surface area contributed by atoms with Crippen molar-refractivity contribution in [1.29, 1.82) is 0 Å². The van der Waals surface area contributed by atoms with E-state index in [1.54, 1.807) is 12.1 Å². The van der Waals surface area contributed by atoms with E-state index in [0.29, 0.717) is 16.2 Å². The predicted molar refractivity (Wildman–Crippen MR) is 75.5 cm³/mol. The van der Waals surface area contributed by atoms with Crippen molar-refractivity contribution in [2.75, 3.05) is 0 Å². The Morgan fingerprint density at radius 1 is 1.45 bits per heavy atom. The van der Waals surface area contributed by atoms with Crippen LogP contribution in [0.5, 0.6) is 5.75 Å². The highest BCUT2D eigenvalue weighted by molar-refractivity contribution is 8.05. The number of hydrogen-bond donors (Lipinski definition) is 1. The van der Waals surface area contributed by atoms with Crippen LogP contribution in [0.15, 0.2) is 29.3 Å². The molecule has 3 nitrogen and oxygen atoms in total. The molecule has 1 aliphatic heterocycles. The number of benzene rings is 1. The van der Waals surface area contributed by atoms with Crippen molar-refractivity contribution >= 4 is 23.1 Å². The van der Waals surface area contributed by atoms with Gasteiger partial charge in [0.2, 0.25) is 0 Å². The highest BCUT2D eigenvalue weighted by atomic mass is 32.2. The molecule has 1 unspecified atom stereocenters.